The van der Waals surface area contributed by atoms with Crippen molar-refractivity contribution in [1.82, 2.24) is 0 Å². The van der Waals surface area contributed by atoms with Crippen LogP contribution in [-0.4, -0.2) is 24.1 Å². The lowest BCUT2D eigenvalue weighted by Gasteiger charge is -2.08. The molecule has 0 spiro atoms. The maximum atomic E-state index is 11.2. The average molecular weight is 221 g/mol. The lowest BCUT2D eigenvalue weighted by Crippen LogP contribution is -2.18. The number of amides is 1. The minimum Gasteiger partial charge on any atom is -0.489 e. The smallest absolute Gasteiger partial charge is 0.372 e. The summed E-state index contributed by atoms with van der Waals surface area (Å²) in [4.78, 5) is 22.1. The van der Waals surface area contributed by atoms with E-state index < -0.39 is 17.6 Å². The molecule has 1 aromatic rings. The minimum absolute atomic E-state index is 0.143. The van der Waals surface area contributed by atoms with E-state index >= 15 is 0 Å². The maximum Gasteiger partial charge on any atom is 0.372 e. The number of hydrogen-bond acceptors (Lipinski definition) is 3. The van der Waals surface area contributed by atoms with Gasteiger partial charge in [0.15, 0.2) is 0 Å². The van der Waals surface area contributed by atoms with Crippen LogP contribution in [0.15, 0.2) is 36.1 Å². The highest BCUT2D eigenvalue weighted by molar-refractivity contribution is 6.23. The first kappa shape index (κ1) is 11.8. The van der Waals surface area contributed by atoms with Gasteiger partial charge in [0.05, 0.1) is 12.7 Å². The molecule has 3 N–H and O–H groups in total. The molecule has 1 rings (SSSR count). The molecule has 0 saturated carbocycles. The third kappa shape index (κ3) is 2.38. The summed E-state index contributed by atoms with van der Waals surface area (Å²) in [5.74, 6) is -2.63. The number of carboxylic acid groups (broad SMARTS) is 1. The van der Waals surface area contributed by atoms with Crippen molar-refractivity contribution >= 4 is 17.4 Å². The van der Waals surface area contributed by atoms with E-state index in [0.717, 1.165) is 0 Å². The molecule has 5 heteroatoms. The van der Waals surface area contributed by atoms with Crippen molar-refractivity contribution in [3.05, 3.63) is 41.7 Å². The molecule has 0 fully saturated rings. The summed E-state index contributed by atoms with van der Waals surface area (Å²) in [7, 11) is 1.18. The zero-order chi connectivity index (χ0) is 12.1. The first-order valence-electron chi connectivity index (χ1n) is 4.44. The van der Waals surface area contributed by atoms with Gasteiger partial charge in [-0.15, -0.1) is 0 Å². The van der Waals surface area contributed by atoms with Gasteiger partial charge >= 0.3 is 5.97 Å². The molecule has 1 aromatic carbocycles. The molecule has 5 nitrogen and oxygen atoms in total. The molecule has 0 aliphatic heterocycles. The fourth-order valence-electron chi connectivity index (χ4n) is 1.29. The van der Waals surface area contributed by atoms with E-state index in [1.807, 2.05) is 0 Å². The van der Waals surface area contributed by atoms with Gasteiger partial charge in [0.2, 0.25) is 5.76 Å². The zero-order valence-electron chi connectivity index (χ0n) is 8.64. The number of primary amides is 1. The van der Waals surface area contributed by atoms with Crippen molar-refractivity contribution in [2.24, 2.45) is 5.73 Å². The Bertz CT molecular complexity index is 437. The first-order chi connectivity index (χ1) is 7.57. The van der Waals surface area contributed by atoms with Crippen LogP contribution in [0, 0.1) is 0 Å². The summed E-state index contributed by atoms with van der Waals surface area (Å²) in [6, 6.07) is 8.26. The molecule has 0 aliphatic rings. The van der Waals surface area contributed by atoms with Crippen LogP contribution in [0.5, 0.6) is 0 Å². The van der Waals surface area contributed by atoms with Crippen LogP contribution in [0.3, 0.4) is 0 Å². The van der Waals surface area contributed by atoms with Gasteiger partial charge in [0.25, 0.3) is 5.91 Å². The summed E-state index contributed by atoms with van der Waals surface area (Å²) in [5.41, 5.74) is 5.41. The van der Waals surface area contributed by atoms with Crippen LogP contribution in [0.25, 0.3) is 5.57 Å². The number of nitrogens with two attached hydrogens (primary N) is 1. The Kier molecular flexibility index (Phi) is 3.66. The van der Waals surface area contributed by atoms with E-state index in [0.29, 0.717) is 5.56 Å². The van der Waals surface area contributed by atoms with E-state index in [4.69, 9.17) is 10.8 Å². The van der Waals surface area contributed by atoms with Crippen LogP contribution < -0.4 is 5.73 Å². The molecule has 1 amide bonds. The molecule has 0 atom stereocenters. The van der Waals surface area contributed by atoms with Gasteiger partial charge in [-0.1, -0.05) is 30.3 Å². The number of aliphatic carboxylic acids is 1. The SMILES string of the molecule is CO/C(C(=O)O)=C(/C(N)=O)c1ccccc1. The van der Waals surface area contributed by atoms with Crippen LogP contribution in [0.1, 0.15) is 5.56 Å². The standard InChI is InChI=1S/C11H11NO4/c1-16-9(11(14)15)8(10(12)13)7-5-3-2-4-6-7/h2-6H,1H3,(H2,12,13)(H,14,15)/b9-8+. The third-order valence-electron chi connectivity index (χ3n) is 1.93. The van der Waals surface area contributed by atoms with Crippen molar-refractivity contribution in [2.45, 2.75) is 0 Å². The number of methoxy groups -OCH3 is 1. The fraction of sp³-hybridized carbons (Fsp3) is 0.0909. The Morgan fingerprint density at radius 2 is 1.81 bits per heavy atom. The molecular formula is C11H11NO4. The van der Waals surface area contributed by atoms with Crippen molar-refractivity contribution in [3.63, 3.8) is 0 Å². The van der Waals surface area contributed by atoms with Crippen molar-refractivity contribution in [2.75, 3.05) is 7.11 Å². The van der Waals surface area contributed by atoms with Crippen LogP contribution in [-0.2, 0) is 14.3 Å². The lowest BCUT2D eigenvalue weighted by atomic mass is 10.0. The molecule has 0 unspecified atom stereocenters. The average Bonchev–Trinajstić information content (AvgIpc) is 2.25. The highest BCUT2D eigenvalue weighted by Crippen LogP contribution is 2.18. The van der Waals surface area contributed by atoms with Gasteiger partial charge in [0, 0.05) is 0 Å². The third-order valence-corrected chi connectivity index (χ3v) is 1.93. The molecule has 0 bridgehead atoms. The van der Waals surface area contributed by atoms with Crippen LogP contribution in [0.2, 0.25) is 0 Å². The molecule has 0 heterocycles. The number of carbonyl (C=O) groups is 2. The molecule has 0 aliphatic carbocycles. The second kappa shape index (κ2) is 4.97. The Labute approximate surface area is 92.1 Å². The lowest BCUT2D eigenvalue weighted by molar-refractivity contribution is -0.136. The Morgan fingerprint density at radius 1 is 1.25 bits per heavy atom. The van der Waals surface area contributed by atoms with E-state index in [2.05, 4.69) is 4.74 Å². The van der Waals surface area contributed by atoms with Crippen molar-refractivity contribution < 1.29 is 19.4 Å². The predicted octanol–water partition coefficient (Wildman–Crippen LogP) is 0.614. The quantitative estimate of drug-likeness (QED) is 0.576. The largest absolute Gasteiger partial charge is 0.489 e. The normalized spacial score (nSPS) is 11.6. The van der Waals surface area contributed by atoms with E-state index in [9.17, 15) is 9.59 Å². The van der Waals surface area contributed by atoms with Crippen molar-refractivity contribution in [1.29, 1.82) is 0 Å². The van der Waals surface area contributed by atoms with Gasteiger partial charge in [0.1, 0.15) is 0 Å². The van der Waals surface area contributed by atoms with E-state index in [-0.39, 0.29) is 5.57 Å². The topological polar surface area (TPSA) is 89.6 Å². The number of carboxylic acids is 1. The number of benzene rings is 1. The maximum absolute atomic E-state index is 11.2. The summed E-state index contributed by atoms with van der Waals surface area (Å²) in [6.07, 6.45) is 0. The second-order valence-corrected chi connectivity index (χ2v) is 2.94. The van der Waals surface area contributed by atoms with Gasteiger partial charge < -0.3 is 15.6 Å². The van der Waals surface area contributed by atoms with Gasteiger partial charge in [-0.3, -0.25) is 4.79 Å². The second-order valence-electron chi connectivity index (χ2n) is 2.94. The summed E-state index contributed by atoms with van der Waals surface area (Å²) < 4.78 is 4.67. The van der Waals surface area contributed by atoms with Crippen LogP contribution in [0.4, 0.5) is 0 Å². The summed E-state index contributed by atoms with van der Waals surface area (Å²) >= 11 is 0. The predicted molar refractivity (Wildman–Crippen MR) is 57.2 cm³/mol. The zero-order valence-corrected chi connectivity index (χ0v) is 8.64. The summed E-state index contributed by atoms with van der Waals surface area (Å²) in [6.45, 7) is 0. The minimum atomic E-state index is -1.33. The van der Waals surface area contributed by atoms with E-state index in [1.54, 1.807) is 30.3 Å². The fourth-order valence-corrected chi connectivity index (χ4v) is 1.29. The first-order valence-corrected chi connectivity index (χ1v) is 4.44. The molecule has 0 saturated heterocycles. The van der Waals surface area contributed by atoms with Gasteiger partial charge in [-0.2, -0.15) is 0 Å². The van der Waals surface area contributed by atoms with E-state index in [1.165, 1.54) is 7.11 Å². The van der Waals surface area contributed by atoms with Crippen molar-refractivity contribution in [3.8, 4) is 0 Å². The van der Waals surface area contributed by atoms with Gasteiger partial charge in [-0.25, -0.2) is 4.79 Å². The number of ether oxygens (including phenoxy) is 1. The monoisotopic (exact) mass is 221 g/mol. The number of carbonyl (C=O) groups excluding carboxylic acids is 1. The Hall–Kier alpha value is -2.30. The molecule has 0 aromatic heterocycles. The highest BCUT2D eigenvalue weighted by atomic mass is 16.5. The number of rotatable bonds is 4. The van der Waals surface area contributed by atoms with Gasteiger partial charge in [-0.05, 0) is 5.56 Å². The molecule has 84 valence electrons. The molecular weight excluding hydrogens is 210 g/mol. The highest BCUT2D eigenvalue weighted by Gasteiger charge is 2.20. The molecule has 0 radical (unpaired) electrons. The van der Waals surface area contributed by atoms with Crippen LogP contribution >= 0.6 is 0 Å². The number of hydrogen-bond donors (Lipinski definition) is 2. The summed E-state index contributed by atoms with van der Waals surface area (Å²) in [5, 5.41) is 8.86. The Morgan fingerprint density at radius 3 is 2.19 bits per heavy atom. The molecule has 16 heavy (non-hydrogen) atoms. The Balaban J connectivity index is 3.40.